The summed E-state index contributed by atoms with van der Waals surface area (Å²) < 4.78 is 10.7. The van der Waals surface area contributed by atoms with Gasteiger partial charge in [-0.2, -0.15) is 0 Å². The van der Waals surface area contributed by atoms with Gasteiger partial charge in [0.1, 0.15) is 0 Å². The van der Waals surface area contributed by atoms with Crippen LogP contribution < -0.4 is 14.8 Å². The summed E-state index contributed by atoms with van der Waals surface area (Å²) in [4.78, 5) is 11.3. The summed E-state index contributed by atoms with van der Waals surface area (Å²) in [7, 11) is 1.59. The van der Waals surface area contributed by atoms with Gasteiger partial charge in [0.05, 0.1) is 13.7 Å². The normalized spacial score (nSPS) is 9.94. The minimum absolute atomic E-state index is 0.0575. The van der Waals surface area contributed by atoms with Crippen LogP contribution in [-0.2, 0) is 11.3 Å². The summed E-state index contributed by atoms with van der Waals surface area (Å²) >= 11 is 5.48. The number of ether oxygens (including phenoxy) is 2. The van der Waals surface area contributed by atoms with Gasteiger partial charge >= 0.3 is 0 Å². The topological polar surface area (TPSA) is 47.6 Å². The predicted octanol–water partition coefficient (Wildman–Crippen LogP) is 2.34. The van der Waals surface area contributed by atoms with E-state index in [-0.39, 0.29) is 5.91 Å². The van der Waals surface area contributed by atoms with Crippen molar-refractivity contribution in [1.29, 1.82) is 0 Å². The molecule has 0 atom stereocenters. The molecule has 0 aliphatic carbocycles. The highest BCUT2D eigenvalue weighted by Gasteiger charge is 2.06. The van der Waals surface area contributed by atoms with E-state index >= 15 is 0 Å². The molecule has 1 amide bonds. The lowest BCUT2D eigenvalue weighted by Crippen LogP contribution is -2.22. The minimum atomic E-state index is -0.0575. The zero-order valence-corrected chi connectivity index (χ0v) is 11.4. The Hall–Kier alpha value is -1.42. The number of amides is 1. The number of carbonyl (C=O) groups is 1. The van der Waals surface area contributed by atoms with Crippen molar-refractivity contribution in [3.05, 3.63) is 23.8 Å². The first kappa shape index (κ1) is 14.6. The maximum absolute atomic E-state index is 11.3. The third-order valence-corrected chi connectivity index (χ3v) is 2.53. The van der Waals surface area contributed by atoms with Gasteiger partial charge in [-0.25, -0.2) is 0 Å². The zero-order chi connectivity index (χ0) is 13.4. The monoisotopic (exact) mass is 271 g/mol. The summed E-state index contributed by atoms with van der Waals surface area (Å²) in [5, 5.41) is 2.78. The Morgan fingerprint density at radius 2 is 2.17 bits per heavy atom. The molecule has 0 spiro atoms. The van der Waals surface area contributed by atoms with Crippen molar-refractivity contribution in [1.82, 2.24) is 5.32 Å². The summed E-state index contributed by atoms with van der Waals surface area (Å²) in [6, 6.07) is 5.59. The van der Waals surface area contributed by atoms with Crippen LogP contribution in [0.2, 0.25) is 0 Å². The van der Waals surface area contributed by atoms with Crippen LogP contribution in [0.15, 0.2) is 18.2 Å². The van der Waals surface area contributed by atoms with E-state index in [2.05, 4.69) is 5.32 Å². The van der Waals surface area contributed by atoms with Gasteiger partial charge in [-0.05, 0) is 24.6 Å². The quantitative estimate of drug-likeness (QED) is 0.775. The lowest BCUT2D eigenvalue weighted by molar-refractivity contribution is -0.120. The molecule has 0 radical (unpaired) electrons. The van der Waals surface area contributed by atoms with E-state index in [9.17, 15) is 4.79 Å². The van der Waals surface area contributed by atoms with E-state index < -0.39 is 0 Å². The highest BCUT2D eigenvalue weighted by Crippen LogP contribution is 2.27. The van der Waals surface area contributed by atoms with Gasteiger partial charge in [-0.3, -0.25) is 4.79 Å². The third kappa shape index (κ3) is 4.45. The second-order valence-electron chi connectivity index (χ2n) is 3.63. The summed E-state index contributed by atoms with van der Waals surface area (Å²) in [6.07, 6.45) is 0.329. The highest BCUT2D eigenvalue weighted by molar-refractivity contribution is 6.18. The molecule has 1 rings (SSSR count). The van der Waals surface area contributed by atoms with Crippen molar-refractivity contribution in [3.63, 3.8) is 0 Å². The molecule has 0 bridgehead atoms. The van der Waals surface area contributed by atoms with Crippen LogP contribution in [0.4, 0.5) is 0 Å². The molecule has 1 aromatic carbocycles. The Labute approximate surface area is 112 Å². The fourth-order valence-corrected chi connectivity index (χ4v) is 1.64. The summed E-state index contributed by atoms with van der Waals surface area (Å²) in [6.45, 7) is 2.96. The lowest BCUT2D eigenvalue weighted by Gasteiger charge is -2.11. The van der Waals surface area contributed by atoms with Gasteiger partial charge in [0.2, 0.25) is 5.91 Å². The second-order valence-corrected chi connectivity index (χ2v) is 4.01. The van der Waals surface area contributed by atoms with Crippen LogP contribution in [0.3, 0.4) is 0 Å². The number of benzene rings is 1. The van der Waals surface area contributed by atoms with E-state index in [1.807, 2.05) is 25.1 Å². The standard InChI is InChI=1S/C13H18ClNO3/c1-3-18-11-5-4-10(8-12(11)17-2)9-15-13(16)6-7-14/h4-5,8H,3,6-7,9H2,1-2H3,(H,15,16). The molecule has 100 valence electrons. The molecule has 0 aliphatic rings. The Bertz CT molecular complexity index is 396. The van der Waals surface area contributed by atoms with E-state index in [1.54, 1.807) is 7.11 Å². The van der Waals surface area contributed by atoms with E-state index in [0.717, 1.165) is 5.56 Å². The Kier molecular flexibility index (Phi) is 6.36. The summed E-state index contributed by atoms with van der Waals surface area (Å²) in [5.74, 6) is 1.65. The van der Waals surface area contributed by atoms with Crippen LogP contribution in [0.1, 0.15) is 18.9 Å². The number of nitrogens with one attached hydrogen (secondary N) is 1. The lowest BCUT2D eigenvalue weighted by atomic mass is 10.2. The van der Waals surface area contributed by atoms with Crippen molar-refractivity contribution in [2.45, 2.75) is 19.9 Å². The van der Waals surface area contributed by atoms with Crippen LogP contribution >= 0.6 is 11.6 Å². The van der Waals surface area contributed by atoms with Gasteiger partial charge in [-0.1, -0.05) is 6.07 Å². The molecule has 1 N–H and O–H groups in total. The first-order chi connectivity index (χ1) is 8.71. The van der Waals surface area contributed by atoms with E-state index in [0.29, 0.717) is 37.0 Å². The molecule has 0 fully saturated rings. The number of halogens is 1. The van der Waals surface area contributed by atoms with Gasteiger partial charge in [0.25, 0.3) is 0 Å². The first-order valence-corrected chi connectivity index (χ1v) is 6.37. The van der Waals surface area contributed by atoms with Crippen LogP contribution in [0.25, 0.3) is 0 Å². The molecule has 4 nitrogen and oxygen atoms in total. The van der Waals surface area contributed by atoms with Crippen LogP contribution in [0, 0.1) is 0 Å². The Morgan fingerprint density at radius 1 is 1.39 bits per heavy atom. The third-order valence-electron chi connectivity index (χ3n) is 2.34. The average molecular weight is 272 g/mol. The van der Waals surface area contributed by atoms with Crippen molar-refractivity contribution in [2.24, 2.45) is 0 Å². The zero-order valence-electron chi connectivity index (χ0n) is 10.7. The van der Waals surface area contributed by atoms with Gasteiger partial charge < -0.3 is 14.8 Å². The molecular weight excluding hydrogens is 254 g/mol. The number of hydrogen-bond acceptors (Lipinski definition) is 3. The smallest absolute Gasteiger partial charge is 0.221 e. The van der Waals surface area contributed by atoms with Crippen molar-refractivity contribution < 1.29 is 14.3 Å². The molecule has 0 saturated heterocycles. The minimum Gasteiger partial charge on any atom is -0.493 e. The second kappa shape index (κ2) is 7.82. The van der Waals surface area contributed by atoms with E-state index in [4.69, 9.17) is 21.1 Å². The van der Waals surface area contributed by atoms with Gasteiger partial charge in [-0.15, -0.1) is 11.6 Å². The number of alkyl halides is 1. The largest absolute Gasteiger partial charge is 0.493 e. The Morgan fingerprint density at radius 3 is 2.78 bits per heavy atom. The Balaban J connectivity index is 2.64. The number of carbonyl (C=O) groups excluding carboxylic acids is 1. The average Bonchev–Trinajstić information content (AvgIpc) is 2.38. The number of methoxy groups -OCH3 is 1. The van der Waals surface area contributed by atoms with Crippen molar-refractivity contribution in [3.8, 4) is 11.5 Å². The van der Waals surface area contributed by atoms with Crippen molar-refractivity contribution in [2.75, 3.05) is 19.6 Å². The number of hydrogen-bond donors (Lipinski definition) is 1. The highest BCUT2D eigenvalue weighted by atomic mass is 35.5. The van der Waals surface area contributed by atoms with Gasteiger partial charge in [0.15, 0.2) is 11.5 Å². The first-order valence-electron chi connectivity index (χ1n) is 5.83. The van der Waals surface area contributed by atoms with E-state index in [1.165, 1.54) is 0 Å². The molecule has 18 heavy (non-hydrogen) atoms. The predicted molar refractivity (Wildman–Crippen MR) is 71.3 cm³/mol. The maximum atomic E-state index is 11.3. The number of rotatable bonds is 7. The summed E-state index contributed by atoms with van der Waals surface area (Å²) in [5.41, 5.74) is 0.957. The molecule has 0 aromatic heterocycles. The fourth-order valence-electron chi connectivity index (χ4n) is 1.47. The van der Waals surface area contributed by atoms with Crippen LogP contribution in [-0.4, -0.2) is 25.5 Å². The van der Waals surface area contributed by atoms with Crippen LogP contribution in [0.5, 0.6) is 11.5 Å². The van der Waals surface area contributed by atoms with Crippen molar-refractivity contribution >= 4 is 17.5 Å². The SMILES string of the molecule is CCOc1ccc(CNC(=O)CCCl)cc1OC. The van der Waals surface area contributed by atoms with Gasteiger partial charge in [0, 0.05) is 18.8 Å². The molecule has 0 heterocycles. The molecular formula is C13H18ClNO3. The maximum Gasteiger partial charge on any atom is 0.221 e. The molecule has 5 heteroatoms. The fraction of sp³-hybridized carbons (Fsp3) is 0.462. The molecule has 1 aromatic rings. The molecule has 0 aliphatic heterocycles. The molecule has 0 saturated carbocycles. The molecule has 0 unspecified atom stereocenters.